The number of methoxy groups -OCH3 is 1. The molecule has 1 aliphatic rings. The predicted molar refractivity (Wildman–Crippen MR) is 130 cm³/mol. The number of aromatic amines is 1. The third-order valence-electron chi connectivity index (χ3n) is 6.08. The van der Waals surface area contributed by atoms with Gasteiger partial charge in [-0.05, 0) is 53.4 Å². The summed E-state index contributed by atoms with van der Waals surface area (Å²) in [5.41, 5.74) is 2.93. The Hall–Kier alpha value is -3.17. The number of H-pyrrole nitrogens is 1. The van der Waals surface area contributed by atoms with Crippen LogP contribution in [0.1, 0.15) is 36.8 Å². The maximum absolute atomic E-state index is 13.1. The number of carbonyl (C=O) groups is 1. The van der Waals surface area contributed by atoms with Crippen LogP contribution in [0, 0.1) is 0 Å². The fourth-order valence-electron chi connectivity index (χ4n) is 3.92. The normalized spacial score (nSPS) is 15.4. The lowest BCUT2D eigenvalue weighted by Crippen LogP contribution is -2.50. The molecule has 1 saturated heterocycles. The molecule has 0 atom stereocenters. The minimum Gasteiger partial charge on any atom is -0.497 e. The van der Waals surface area contributed by atoms with Crippen molar-refractivity contribution in [3.8, 4) is 17.0 Å². The first-order valence-corrected chi connectivity index (χ1v) is 12.6. The zero-order valence-corrected chi connectivity index (χ0v) is 20.7. The molecule has 0 bridgehead atoms. The second-order valence-corrected chi connectivity index (χ2v) is 11.3. The lowest BCUT2D eigenvalue weighted by atomic mass is 9.87. The zero-order valence-electron chi connectivity index (χ0n) is 19.9. The standard InChI is InChI=1S/C25H30N4O4S/c1-25(2,3)19-7-11-21(12-8-19)34(31,32)29-15-13-28(14-16-29)24(30)23-17-22(26-27-23)18-5-9-20(33-4)10-6-18/h5-12,17H,13-16H2,1-4H3,(H,26,27). The lowest BCUT2D eigenvalue weighted by Gasteiger charge is -2.33. The summed E-state index contributed by atoms with van der Waals surface area (Å²) in [4.78, 5) is 14.9. The van der Waals surface area contributed by atoms with Crippen LogP contribution >= 0.6 is 0 Å². The molecule has 4 rings (SSSR count). The Morgan fingerprint density at radius 3 is 2.15 bits per heavy atom. The van der Waals surface area contributed by atoms with E-state index in [0.717, 1.165) is 16.9 Å². The summed E-state index contributed by atoms with van der Waals surface area (Å²) in [6.45, 7) is 7.39. The summed E-state index contributed by atoms with van der Waals surface area (Å²) >= 11 is 0. The molecular formula is C25H30N4O4S. The van der Waals surface area contributed by atoms with E-state index < -0.39 is 10.0 Å². The second-order valence-electron chi connectivity index (χ2n) is 9.37. The smallest absolute Gasteiger partial charge is 0.271 e. The number of ether oxygens (including phenoxy) is 1. The molecule has 0 unspecified atom stereocenters. The summed E-state index contributed by atoms with van der Waals surface area (Å²) in [6.07, 6.45) is 0. The molecule has 1 fully saturated rings. The van der Waals surface area contributed by atoms with Crippen LogP contribution in [0.3, 0.4) is 0 Å². The van der Waals surface area contributed by atoms with Crippen molar-refractivity contribution in [2.45, 2.75) is 31.1 Å². The maximum Gasteiger partial charge on any atom is 0.271 e. The Bertz CT molecular complexity index is 1250. The van der Waals surface area contributed by atoms with Gasteiger partial charge < -0.3 is 9.64 Å². The molecule has 0 saturated carbocycles. The van der Waals surface area contributed by atoms with Crippen molar-refractivity contribution in [1.29, 1.82) is 0 Å². The molecule has 1 aromatic heterocycles. The average Bonchev–Trinajstić information content (AvgIpc) is 3.33. The summed E-state index contributed by atoms with van der Waals surface area (Å²) in [6, 6.07) is 16.2. The number of nitrogens with one attached hydrogen (secondary N) is 1. The number of rotatable bonds is 5. The molecule has 8 nitrogen and oxygen atoms in total. The van der Waals surface area contributed by atoms with Gasteiger partial charge in [-0.2, -0.15) is 9.40 Å². The highest BCUT2D eigenvalue weighted by atomic mass is 32.2. The van der Waals surface area contributed by atoms with Crippen molar-refractivity contribution in [3.05, 3.63) is 65.9 Å². The topological polar surface area (TPSA) is 95.6 Å². The van der Waals surface area contributed by atoms with Gasteiger partial charge in [0.1, 0.15) is 11.4 Å². The molecule has 1 aliphatic heterocycles. The lowest BCUT2D eigenvalue weighted by molar-refractivity contribution is 0.0692. The van der Waals surface area contributed by atoms with Crippen molar-refractivity contribution in [1.82, 2.24) is 19.4 Å². The van der Waals surface area contributed by atoms with Crippen LogP contribution in [0.25, 0.3) is 11.3 Å². The molecule has 0 spiro atoms. The fourth-order valence-corrected chi connectivity index (χ4v) is 5.34. The van der Waals surface area contributed by atoms with E-state index in [0.29, 0.717) is 24.5 Å². The summed E-state index contributed by atoms with van der Waals surface area (Å²) in [5, 5.41) is 7.07. The number of amides is 1. The molecule has 2 aromatic carbocycles. The molecule has 180 valence electrons. The third kappa shape index (κ3) is 4.85. The minimum absolute atomic E-state index is 0.0474. The van der Waals surface area contributed by atoms with Crippen LogP contribution in [-0.2, 0) is 15.4 Å². The van der Waals surface area contributed by atoms with Crippen molar-refractivity contribution in [2.24, 2.45) is 0 Å². The van der Waals surface area contributed by atoms with Gasteiger partial charge in [0.05, 0.1) is 17.7 Å². The number of carbonyl (C=O) groups excluding carboxylic acids is 1. The van der Waals surface area contributed by atoms with Crippen molar-refractivity contribution in [3.63, 3.8) is 0 Å². The van der Waals surface area contributed by atoms with Gasteiger partial charge in [0, 0.05) is 31.7 Å². The van der Waals surface area contributed by atoms with Crippen LogP contribution in [-0.4, -0.2) is 67.0 Å². The first kappa shape index (κ1) is 24.0. The number of aromatic nitrogens is 2. The van der Waals surface area contributed by atoms with Crippen LogP contribution in [0.15, 0.2) is 59.5 Å². The van der Waals surface area contributed by atoms with Gasteiger partial charge in [-0.15, -0.1) is 0 Å². The summed E-state index contributed by atoms with van der Waals surface area (Å²) < 4.78 is 32.8. The van der Waals surface area contributed by atoms with Crippen molar-refractivity contribution < 1.29 is 17.9 Å². The van der Waals surface area contributed by atoms with Crippen molar-refractivity contribution >= 4 is 15.9 Å². The van der Waals surface area contributed by atoms with Gasteiger partial charge in [-0.3, -0.25) is 9.89 Å². The summed E-state index contributed by atoms with van der Waals surface area (Å²) in [5.74, 6) is 0.549. The highest BCUT2D eigenvalue weighted by molar-refractivity contribution is 7.89. The van der Waals surface area contributed by atoms with E-state index in [-0.39, 0.29) is 29.3 Å². The van der Waals surface area contributed by atoms with E-state index >= 15 is 0 Å². The number of piperazine rings is 1. The monoisotopic (exact) mass is 482 g/mol. The molecule has 1 N–H and O–H groups in total. The number of sulfonamides is 1. The zero-order chi connectivity index (χ0) is 24.5. The number of nitrogens with zero attached hydrogens (tertiary/aromatic N) is 3. The Balaban J connectivity index is 1.40. The number of benzene rings is 2. The molecule has 34 heavy (non-hydrogen) atoms. The van der Waals surface area contributed by atoms with Gasteiger partial charge >= 0.3 is 0 Å². The summed E-state index contributed by atoms with van der Waals surface area (Å²) in [7, 11) is -2.01. The largest absolute Gasteiger partial charge is 0.497 e. The SMILES string of the molecule is COc1ccc(-c2cc(C(=O)N3CCN(S(=O)(=O)c4ccc(C(C)(C)C)cc4)CC3)[nH]n2)cc1. The van der Waals surface area contributed by atoms with E-state index in [9.17, 15) is 13.2 Å². The minimum atomic E-state index is -3.61. The molecule has 1 amide bonds. The van der Waals surface area contributed by atoms with E-state index in [1.807, 2.05) is 36.4 Å². The predicted octanol–water partition coefficient (Wildman–Crippen LogP) is 3.53. The molecule has 2 heterocycles. The van der Waals surface area contributed by atoms with E-state index in [1.54, 1.807) is 30.2 Å². The first-order chi connectivity index (χ1) is 16.1. The second kappa shape index (κ2) is 9.23. The Morgan fingerprint density at radius 1 is 0.971 bits per heavy atom. The highest BCUT2D eigenvalue weighted by Gasteiger charge is 2.31. The van der Waals surface area contributed by atoms with Gasteiger partial charge in [-0.25, -0.2) is 8.42 Å². The molecule has 9 heteroatoms. The number of hydrogen-bond donors (Lipinski definition) is 1. The van der Waals surface area contributed by atoms with Crippen LogP contribution < -0.4 is 4.74 Å². The molecule has 3 aromatic rings. The van der Waals surface area contributed by atoms with E-state index in [1.165, 1.54) is 4.31 Å². The molecule has 0 radical (unpaired) electrons. The van der Waals surface area contributed by atoms with Crippen LogP contribution in [0.5, 0.6) is 5.75 Å². The molecular weight excluding hydrogens is 452 g/mol. The fraction of sp³-hybridized carbons (Fsp3) is 0.360. The van der Waals surface area contributed by atoms with E-state index in [2.05, 4.69) is 31.0 Å². The van der Waals surface area contributed by atoms with Gasteiger partial charge in [0.25, 0.3) is 5.91 Å². The van der Waals surface area contributed by atoms with Gasteiger partial charge in [0.15, 0.2) is 0 Å². The third-order valence-corrected chi connectivity index (χ3v) is 7.99. The maximum atomic E-state index is 13.1. The van der Waals surface area contributed by atoms with Crippen molar-refractivity contribution in [2.75, 3.05) is 33.3 Å². The van der Waals surface area contributed by atoms with Gasteiger partial charge in [-0.1, -0.05) is 32.9 Å². The highest BCUT2D eigenvalue weighted by Crippen LogP contribution is 2.26. The molecule has 0 aliphatic carbocycles. The van der Waals surface area contributed by atoms with E-state index in [4.69, 9.17) is 4.74 Å². The van der Waals surface area contributed by atoms with Crippen LogP contribution in [0.4, 0.5) is 0 Å². The quantitative estimate of drug-likeness (QED) is 0.600. The van der Waals surface area contributed by atoms with Crippen LogP contribution in [0.2, 0.25) is 0 Å². The Labute approximate surface area is 200 Å². The average molecular weight is 483 g/mol. The Morgan fingerprint density at radius 2 is 1.59 bits per heavy atom. The van der Waals surface area contributed by atoms with Gasteiger partial charge in [0.2, 0.25) is 10.0 Å². The Kier molecular flexibility index (Phi) is 6.51. The first-order valence-electron chi connectivity index (χ1n) is 11.2. The number of hydrogen-bond acceptors (Lipinski definition) is 5.